The van der Waals surface area contributed by atoms with Crippen molar-refractivity contribution in [3.63, 3.8) is 0 Å². The van der Waals surface area contributed by atoms with E-state index in [0.29, 0.717) is 23.5 Å². The molecule has 0 saturated heterocycles. The quantitative estimate of drug-likeness (QED) is 0.177. The zero-order valence-electron chi connectivity index (χ0n) is 21.9. The second-order valence-corrected chi connectivity index (χ2v) is 9.54. The van der Waals surface area contributed by atoms with Gasteiger partial charge in [0.25, 0.3) is 0 Å². The Balaban J connectivity index is 1.42. The fraction of sp³-hybridized carbons (Fsp3) is 0.294. The van der Waals surface area contributed by atoms with Gasteiger partial charge in [0.2, 0.25) is 0 Å². The van der Waals surface area contributed by atoms with Gasteiger partial charge in [0.1, 0.15) is 5.75 Å². The van der Waals surface area contributed by atoms with Gasteiger partial charge in [-0.3, -0.25) is 0 Å². The zero-order chi connectivity index (χ0) is 26.0. The van der Waals surface area contributed by atoms with Crippen LogP contribution in [0.4, 0.5) is 8.78 Å². The van der Waals surface area contributed by atoms with E-state index in [-0.39, 0.29) is 11.1 Å². The minimum absolute atomic E-state index is 0.238. The van der Waals surface area contributed by atoms with E-state index in [4.69, 9.17) is 4.74 Å². The highest BCUT2D eigenvalue weighted by atomic mass is 19.2. The topological polar surface area (TPSA) is 9.23 Å². The molecule has 0 heterocycles. The molecule has 0 aliphatic heterocycles. The monoisotopic (exact) mass is 498 g/mol. The SMILES string of the molecule is CCCCCCCCc1ccc(-c2ccc(-c3ccc(-c4ccc(OCC)cc4)c(F)c3F)cc2)cc1. The molecule has 3 heteroatoms. The number of aryl methyl sites for hydroxylation is 1. The minimum atomic E-state index is -0.841. The Kier molecular flexibility index (Phi) is 9.48. The van der Waals surface area contributed by atoms with Crippen molar-refractivity contribution in [2.45, 2.75) is 58.8 Å². The van der Waals surface area contributed by atoms with Crippen molar-refractivity contribution in [3.05, 3.63) is 102 Å². The summed E-state index contributed by atoms with van der Waals surface area (Å²) >= 11 is 0. The van der Waals surface area contributed by atoms with Gasteiger partial charge in [0.05, 0.1) is 6.61 Å². The maximum atomic E-state index is 15.1. The van der Waals surface area contributed by atoms with Crippen molar-refractivity contribution in [1.82, 2.24) is 0 Å². The van der Waals surface area contributed by atoms with Gasteiger partial charge < -0.3 is 4.74 Å². The highest BCUT2D eigenvalue weighted by Crippen LogP contribution is 2.33. The second-order valence-electron chi connectivity index (χ2n) is 9.54. The zero-order valence-corrected chi connectivity index (χ0v) is 21.9. The molecule has 0 radical (unpaired) electrons. The van der Waals surface area contributed by atoms with Crippen molar-refractivity contribution < 1.29 is 13.5 Å². The molecule has 0 atom stereocenters. The molecule has 1 nitrogen and oxygen atoms in total. The summed E-state index contributed by atoms with van der Waals surface area (Å²) in [5.74, 6) is -0.971. The first kappa shape index (κ1) is 26.6. The van der Waals surface area contributed by atoms with E-state index in [1.165, 1.54) is 44.1 Å². The third kappa shape index (κ3) is 6.85. The summed E-state index contributed by atoms with van der Waals surface area (Å²) in [6.45, 7) is 4.71. The van der Waals surface area contributed by atoms with Crippen LogP contribution in [0.3, 0.4) is 0 Å². The number of hydrogen-bond acceptors (Lipinski definition) is 1. The van der Waals surface area contributed by atoms with Crippen LogP contribution in [0.25, 0.3) is 33.4 Å². The Labute approximate surface area is 220 Å². The largest absolute Gasteiger partial charge is 0.494 e. The molecule has 0 fully saturated rings. The molecular formula is C34H36F2O. The van der Waals surface area contributed by atoms with Crippen LogP contribution in [0.2, 0.25) is 0 Å². The summed E-state index contributed by atoms with van der Waals surface area (Å²) in [4.78, 5) is 0. The van der Waals surface area contributed by atoms with Crippen LogP contribution in [0, 0.1) is 11.6 Å². The molecule has 0 saturated carbocycles. The Hall–Kier alpha value is -3.46. The summed E-state index contributed by atoms with van der Waals surface area (Å²) in [6, 6.07) is 26.7. The summed E-state index contributed by atoms with van der Waals surface area (Å²) in [5, 5.41) is 0. The van der Waals surface area contributed by atoms with E-state index < -0.39 is 11.6 Å². The van der Waals surface area contributed by atoms with Gasteiger partial charge in [0.15, 0.2) is 11.6 Å². The van der Waals surface area contributed by atoms with Crippen LogP contribution in [0.15, 0.2) is 84.9 Å². The van der Waals surface area contributed by atoms with Crippen molar-refractivity contribution in [3.8, 4) is 39.1 Å². The van der Waals surface area contributed by atoms with Gasteiger partial charge in [-0.15, -0.1) is 0 Å². The van der Waals surface area contributed by atoms with E-state index in [0.717, 1.165) is 17.5 Å². The Morgan fingerprint density at radius 2 is 0.973 bits per heavy atom. The molecule has 0 unspecified atom stereocenters. The number of unbranched alkanes of at least 4 members (excludes halogenated alkanes) is 5. The first-order valence-electron chi connectivity index (χ1n) is 13.5. The van der Waals surface area contributed by atoms with Crippen molar-refractivity contribution in [2.75, 3.05) is 6.61 Å². The summed E-state index contributed by atoms with van der Waals surface area (Å²) in [6.07, 6.45) is 8.93. The molecule has 37 heavy (non-hydrogen) atoms. The van der Waals surface area contributed by atoms with E-state index >= 15 is 8.78 Å². The molecule has 0 amide bonds. The molecular weight excluding hydrogens is 462 g/mol. The van der Waals surface area contributed by atoms with Gasteiger partial charge in [-0.05, 0) is 59.7 Å². The second kappa shape index (κ2) is 13.2. The third-order valence-corrected chi connectivity index (χ3v) is 6.86. The lowest BCUT2D eigenvalue weighted by Crippen LogP contribution is -1.95. The van der Waals surface area contributed by atoms with Crippen molar-refractivity contribution >= 4 is 0 Å². The maximum Gasteiger partial charge on any atom is 0.167 e. The molecule has 4 aromatic carbocycles. The van der Waals surface area contributed by atoms with Gasteiger partial charge in [-0.2, -0.15) is 0 Å². The summed E-state index contributed by atoms with van der Waals surface area (Å²) in [5.41, 5.74) is 5.30. The van der Waals surface area contributed by atoms with E-state index in [1.54, 1.807) is 36.4 Å². The van der Waals surface area contributed by atoms with E-state index in [9.17, 15) is 0 Å². The summed E-state index contributed by atoms with van der Waals surface area (Å²) < 4.78 is 35.6. The van der Waals surface area contributed by atoms with E-state index in [2.05, 4.69) is 31.2 Å². The van der Waals surface area contributed by atoms with Crippen LogP contribution in [-0.2, 0) is 6.42 Å². The Morgan fingerprint density at radius 1 is 0.514 bits per heavy atom. The predicted octanol–water partition coefficient (Wildman–Crippen LogP) is 10.3. The van der Waals surface area contributed by atoms with Crippen LogP contribution < -0.4 is 4.74 Å². The lowest BCUT2D eigenvalue weighted by molar-refractivity contribution is 0.340. The predicted molar refractivity (Wildman–Crippen MR) is 151 cm³/mol. The fourth-order valence-electron chi connectivity index (χ4n) is 4.71. The molecule has 4 aromatic rings. The minimum Gasteiger partial charge on any atom is -0.494 e. The van der Waals surface area contributed by atoms with Crippen LogP contribution in [0.5, 0.6) is 5.75 Å². The van der Waals surface area contributed by atoms with Gasteiger partial charge in [-0.25, -0.2) is 8.78 Å². The number of ether oxygens (including phenoxy) is 1. The Morgan fingerprint density at radius 3 is 1.51 bits per heavy atom. The summed E-state index contributed by atoms with van der Waals surface area (Å²) in [7, 11) is 0. The van der Waals surface area contributed by atoms with Crippen LogP contribution in [-0.4, -0.2) is 6.61 Å². The van der Waals surface area contributed by atoms with E-state index in [1.807, 2.05) is 31.2 Å². The highest BCUT2D eigenvalue weighted by Gasteiger charge is 2.16. The molecule has 0 aromatic heterocycles. The smallest absolute Gasteiger partial charge is 0.167 e. The average molecular weight is 499 g/mol. The maximum absolute atomic E-state index is 15.1. The van der Waals surface area contributed by atoms with Gasteiger partial charge >= 0.3 is 0 Å². The molecule has 0 bridgehead atoms. The Bertz CT molecular complexity index is 1260. The molecule has 0 aliphatic carbocycles. The molecule has 0 spiro atoms. The number of rotatable bonds is 12. The van der Waals surface area contributed by atoms with Crippen molar-refractivity contribution in [1.29, 1.82) is 0 Å². The fourth-order valence-corrected chi connectivity index (χ4v) is 4.71. The number of benzene rings is 4. The van der Waals surface area contributed by atoms with Crippen LogP contribution >= 0.6 is 0 Å². The molecule has 0 aliphatic rings. The lowest BCUT2D eigenvalue weighted by atomic mass is 9.96. The molecule has 192 valence electrons. The normalized spacial score (nSPS) is 11.0. The molecule has 4 rings (SSSR count). The standard InChI is InChI=1S/C34H36F2O/c1-3-5-6-7-8-9-10-25-11-13-26(14-12-25)27-15-17-28(18-16-27)31-23-24-32(34(36)33(31)35)29-19-21-30(22-20-29)37-4-2/h11-24H,3-10H2,1-2H3. The number of hydrogen-bond donors (Lipinski definition) is 0. The third-order valence-electron chi connectivity index (χ3n) is 6.86. The van der Waals surface area contributed by atoms with Crippen LogP contribution in [0.1, 0.15) is 57.9 Å². The van der Waals surface area contributed by atoms with Gasteiger partial charge in [0, 0.05) is 11.1 Å². The first-order chi connectivity index (χ1) is 18.1. The molecule has 0 N–H and O–H groups in total. The van der Waals surface area contributed by atoms with Gasteiger partial charge in [-0.1, -0.05) is 112 Å². The van der Waals surface area contributed by atoms with Crippen molar-refractivity contribution in [2.24, 2.45) is 0 Å². The highest BCUT2D eigenvalue weighted by molar-refractivity contribution is 5.74. The average Bonchev–Trinajstić information content (AvgIpc) is 2.93. The lowest BCUT2D eigenvalue weighted by Gasteiger charge is -2.11. The first-order valence-corrected chi connectivity index (χ1v) is 13.5. The number of halogens is 2.